The monoisotopic (exact) mass is 563 g/mol. The fourth-order valence-electron chi connectivity index (χ4n) is 4.50. The van der Waals surface area contributed by atoms with Crippen molar-refractivity contribution >= 4 is 41.7 Å². The molecule has 7 nitrogen and oxygen atoms in total. The van der Waals surface area contributed by atoms with E-state index in [1.165, 1.54) is 5.56 Å². The van der Waals surface area contributed by atoms with E-state index in [9.17, 15) is 4.79 Å². The molecule has 2 aromatic rings. The molecule has 0 aliphatic carbocycles. The lowest BCUT2D eigenvalue weighted by molar-refractivity contribution is 0.222. The van der Waals surface area contributed by atoms with Gasteiger partial charge in [0.05, 0.1) is 7.11 Å². The van der Waals surface area contributed by atoms with E-state index in [0.29, 0.717) is 12.5 Å². The Morgan fingerprint density at radius 2 is 1.85 bits per heavy atom. The van der Waals surface area contributed by atoms with Gasteiger partial charge >= 0.3 is 6.03 Å². The first-order chi connectivity index (χ1) is 15.7. The van der Waals surface area contributed by atoms with Crippen LogP contribution in [0.25, 0.3) is 0 Å². The molecule has 33 heavy (non-hydrogen) atoms. The maximum absolute atomic E-state index is 12.4. The highest BCUT2D eigenvalue weighted by Gasteiger charge is 2.26. The number of nitrogens with one attached hydrogen (secondary N) is 2. The number of hydrogen-bond donors (Lipinski definition) is 2. The van der Waals surface area contributed by atoms with Gasteiger partial charge < -0.3 is 25.2 Å². The summed E-state index contributed by atoms with van der Waals surface area (Å²) in [7, 11) is 3.52. The van der Waals surface area contributed by atoms with Gasteiger partial charge in [0.15, 0.2) is 5.96 Å². The molecule has 8 heteroatoms. The Morgan fingerprint density at radius 3 is 2.55 bits per heavy atom. The van der Waals surface area contributed by atoms with Crippen LogP contribution >= 0.6 is 24.0 Å². The van der Waals surface area contributed by atoms with Gasteiger partial charge in [-0.15, -0.1) is 24.0 Å². The molecular weight excluding hydrogens is 529 g/mol. The zero-order chi connectivity index (χ0) is 22.3. The van der Waals surface area contributed by atoms with Crippen LogP contribution < -0.4 is 15.4 Å². The number of anilines is 1. The molecule has 1 atom stereocenters. The largest absolute Gasteiger partial charge is 0.497 e. The first kappa shape index (κ1) is 25.1. The van der Waals surface area contributed by atoms with Gasteiger partial charge in [0.25, 0.3) is 0 Å². The SMILES string of the molecule is CN=C(NCc1cccc(NC(=O)N2CCCC2)c1)N1CCC(c2ccc(OC)cc2)C1.I. The van der Waals surface area contributed by atoms with E-state index in [2.05, 4.69) is 38.7 Å². The molecule has 2 aromatic carbocycles. The quantitative estimate of drug-likeness (QED) is 0.319. The number of hydrogen-bond acceptors (Lipinski definition) is 3. The molecule has 0 radical (unpaired) electrons. The fourth-order valence-corrected chi connectivity index (χ4v) is 4.50. The molecule has 0 bridgehead atoms. The Balaban J connectivity index is 0.00000306. The molecule has 2 N–H and O–H groups in total. The van der Waals surface area contributed by atoms with Gasteiger partial charge in [0.2, 0.25) is 0 Å². The van der Waals surface area contributed by atoms with Crippen LogP contribution in [-0.2, 0) is 6.54 Å². The molecule has 1 unspecified atom stereocenters. The van der Waals surface area contributed by atoms with Crippen molar-refractivity contribution in [2.45, 2.75) is 31.7 Å². The van der Waals surface area contributed by atoms with Crippen LogP contribution in [0, 0.1) is 0 Å². The zero-order valence-electron chi connectivity index (χ0n) is 19.4. The zero-order valence-corrected chi connectivity index (χ0v) is 21.7. The second-order valence-corrected chi connectivity index (χ2v) is 8.43. The number of ether oxygens (including phenoxy) is 1. The maximum Gasteiger partial charge on any atom is 0.321 e. The summed E-state index contributed by atoms with van der Waals surface area (Å²) in [6.45, 7) is 4.26. The van der Waals surface area contributed by atoms with Gasteiger partial charge in [0.1, 0.15) is 5.75 Å². The Hall–Kier alpha value is -2.49. The number of guanidine groups is 1. The normalized spacial score (nSPS) is 18.1. The van der Waals surface area contributed by atoms with Crippen molar-refractivity contribution in [2.24, 2.45) is 4.99 Å². The predicted molar refractivity (Wildman–Crippen MR) is 144 cm³/mol. The van der Waals surface area contributed by atoms with Crippen LogP contribution in [0.4, 0.5) is 10.5 Å². The molecule has 2 aliphatic rings. The summed E-state index contributed by atoms with van der Waals surface area (Å²) in [6, 6.07) is 16.4. The molecule has 0 saturated carbocycles. The van der Waals surface area contributed by atoms with Gasteiger partial charge in [-0.3, -0.25) is 4.99 Å². The number of benzene rings is 2. The summed E-state index contributed by atoms with van der Waals surface area (Å²) < 4.78 is 5.27. The lowest BCUT2D eigenvalue weighted by Crippen LogP contribution is -2.39. The Bertz CT molecular complexity index is 944. The number of nitrogens with zero attached hydrogens (tertiary/aromatic N) is 3. The van der Waals surface area contributed by atoms with Crippen LogP contribution in [0.2, 0.25) is 0 Å². The number of urea groups is 1. The Labute approximate surface area is 213 Å². The number of amides is 2. The number of halogens is 1. The van der Waals surface area contributed by atoms with Gasteiger partial charge in [-0.1, -0.05) is 24.3 Å². The number of methoxy groups -OCH3 is 1. The molecule has 2 heterocycles. The van der Waals surface area contributed by atoms with E-state index in [1.807, 2.05) is 42.3 Å². The number of rotatable bonds is 5. The molecule has 2 aliphatic heterocycles. The predicted octanol–water partition coefficient (Wildman–Crippen LogP) is 4.51. The summed E-state index contributed by atoms with van der Waals surface area (Å²) in [4.78, 5) is 21.0. The topological polar surface area (TPSA) is 69.2 Å². The molecule has 0 aromatic heterocycles. The van der Waals surface area contributed by atoms with Gasteiger partial charge in [0, 0.05) is 51.4 Å². The summed E-state index contributed by atoms with van der Waals surface area (Å²) in [5.74, 6) is 2.29. The second-order valence-electron chi connectivity index (χ2n) is 8.43. The fraction of sp³-hybridized carbons (Fsp3) is 0.440. The molecule has 2 saturated heterocycles. The average molecular weight is 563 g/mol. The van der Waals surface area contributed by atoms with Crippen molar-refractivity contribution in [2.75, 3.05) is 45.7 Å². The van der Waals surface area contributed by atoms with E-state index in [-0.39, 0.29) is 30.0 Å². The highest BCUT2D eigenvalue weighted by molar-refractivity contribution is 14.0. The number of aliphatic imine (C=N–C) groups is 1. The standard InChI is InChI=1S/C25H33N5O2.HI/c1-26-24(30-15-12-21(18-30)20-8-10-23(32-2)11-9-20)27-17-19-6-5-7-22(16-19)28-25(31)29-13-3-4-14-29;/h5-11,16,21H,3-4,12-15,17-18H2,1-2H3,(H,26,27)(H,28,31);1H. The summed E-state index contributed by atoms with van der Waals surface area (Å²) in [5.41, 5.74) is 3.28. The molecule has 0 spiro atoms. The van der Waals surface area contributed by atoms with Crippen LogP contribution in [0.15, 0.2) is 53.5 Å². The summed E-state index contributed by atoms with van der Waals surface area (Å²) in [6.07, 6.45) is 3.28. The molecule has 2 fully saturated rings. The summed E-state index contributed by atoms with van der Waals surface area (Å²) in [5, 5.41) is 6.51. The van der Waals surface area contributed by atoms with Crippen LogP contribution in [-0.4, -0.2) is 62.1 Å². The van der Waals surface area contributed by atoms with E-state index < -0.39 is 0 Å². The third kappa shape index (κ3) is 6.52. The Morgan fingerprint density at radius 1 is 1.09 bits per heavy atom. The number of carbonyl (C=O) groups excluding carboxylic acids is 1. The summed E-state index contributed by atoms with van der Waals surface area (Å²) >= 11 is 0. The maximum atomic E-state index is 12.4. The minimum Gasteiger partial charge on any atom is -0.497 e. The molecule has 178 valence electrons. The van der Waals surface area contributed by atoms with Crippen molar-refractivity contribution in [1.82, 2.24) is 15.1 Å². The smallest absolute Gasteiger partial charge is 0.321 e. The molecular formula is C25H34IN5O2. The number of likely N-dealkylation sites (tertiary alicyclic amines) is 2. The van der Waals surface area contributed by atoms with Crippen molar-refractivity contribution < 1.29 is 9.53 Å². The second kappa shape index (κ2) is 12.1. The minimum atomic E-state index is -0.00920. The van der Waals surface area contributed by atoms with Crippen LogP contribution in [0.1, 0.15) is 36.3 Å². The van der Waals surface area contributed by atoms with E-state index in [4.69, 9.17) is 4.74 Å². The van der Waals surface area contributed by atoms with Gasteiger partial charge in [-0.2, -0.15) is 0 Å². The highest BCUT2D eigenvalue weighted by atomic mass is 127. The minimum absolute atomic E-state index is 0. The highest BCUT2D eigenvalue weighted by Crippen LogP contribution is 2.28. The van der Waals surface area contributed by atoms with E-state index in [1.54, 1.807) is 7.11 Å². The van der Waals surface area contributed by atoms with Crippen LogP contribution in [0.5, 0.6) is 5.75 Å². The van der Waals surface area contributed by atoms with Gasteiger partial charge in [-0.05, 0) is 54.7 Å². The van der Waals surface area contributed by atoms with E-state index >= 15 is 0 Å². The van der Waals surface area contributed by atoms with Crippen molar-refractivity contribution in [3.8, 4) is 5.75 Å². The van der Waals surface area contributed by atoms with E-state index in [0.717, 1.165) is 68.4 Å². The third-order valence-corrected chi connectivity index (χ3v) is 6.31. The number of carbonyl (C=O) groups is 1. The molecule has 2 amide bonds. The van der Waals surface area contributed by atoms with Crippen molar-refractivity contribution in [3.05, 3.63) is 59.7 Å². The van der Waals surface area contributed by atoms with Crippen molar-refractivity contribution in [1.29, 1.82) is 0 Å². The molecule has 4 rings (SSSR count). The first-order valence-corrected chi connectivity index (χ1v) is 11.4. The average Bonchev–Trinajstić information content (AvgIpc) is 3.53. The third-order valence-electron chi connectivity index (χ3n) is 6.31. The first-order valence-electron chi connectivity index (χ1n) is 11.4. The van der Waals surface area contributed by atoms with Crippen LogP contribution in [0.3, 0.4) is 0 Å². The van der Waals surface area contributed by atoms with Crippen molar-refractivity contribution in [3.63, 3.8) is 0 Å². The lowest BCUT2D eigenvalue weighted by atomic mass is 9.98. The Kier molecular flexibility index (Phi) is 9.22. The lowest BCUT2D eigenvalue weighted by Gasteiger charge is -2.22. The van der Waals surface area contributed by atoms with Gasteiger partial charge in [-0.25, -0.2) is 4.79 Å².